The Hall–Kier alpha value is -2.67. The van der Waals surface area contributed by atoms with Gasteiger partial charge in [-0.05, 0) is 24.3 Å². The molecule has 1 N–H and O–H groups in total. The zero-order valence-electron chi connectivity index (χ0n) is 14.5. The lowest BCUT2D eigenvalue weighted by molar-refractivity contribution is 0.306. The van der Waals surface area contributed by atoms with Crippen LogP contribution in [0.15, 0.2) is 66.3 Å². The van der Waals surface area contributed by atoms with Gasteiger partial charge in [0.25, 0.3) is 0 Å². The van der Waals surface area contributed by atoms with Gasteiger partial charge in [-0.25, -0.2) is 15.0 Å². The van der Waals surface area contributed by atoms with Crippen LogP contribution in [-0.4, -0.2) is 15.0 Å². The first-order valence-electron chi connectivity index (χ1n) is 8.35. The fraction of sp³-hybridized carbons (Fsp3) is 0.0500. The molecule has 2 aromatic carbocycles. The topological polar surface area (TPSA) is 59.9 Å². The highest BCUT2D eigenvalue weighted by Gasteiger charge is 2.07. The minimum Gasteiger partial charge on any atom is -0.489 e. The van der Waals surface area contributed by atoms with E-state index in [0.717, 1.165) is 22.0 Å². The maximum absolute atomic E-state index is 6.21. The highest BCUT2D eigenvalue weighted by atomic mass is 35.5. The van der Waals surface area contributed by atoms with Crippen molar-refractivity contribution in [3.8, 4) is 16.5 Å². The highest BCUT2D eigenvalue weighted by molar-refractivity contribution is 7.13. The molecule has 0 saturated carbocycles. The van der Waals surface area contributed by atoms with Crippen molar-refractivity contribution in [3.05, 3.63) is 81.9 Å². The summed E-state index contributed by atoms with van der Waals surface area (Å²) in [4.78, 5) is 13.1. The van der Waals surface area contributed by atoms with Crippen LogP contribution in [0.4, 0.5) is 11.6 Å². The van der Waals surface area contributed by atoms with Gasteiger partial charge in [0.1, 0.15) is 23.1 Å². The van der Waals surface area contributed by atoms with Crippen LogP contribution in [0.5, 0.6) is 5.75 Å². The number of halogens is 2. The Morgan fingerprint density at radius 3 is 2.75 bits per heavy atom. The zero-order valence-corrected chi connectivity index (χ0v) is 16.8. The monoisotopic (exact) mass is 428 g/mol. The Kier molecular flexibility index (Phi) is 5.71. The molecule has 0 bridgehead atoms. The van der Waals surface area contributed by atoms with Gasteiger partial charge in [0.2, 0.25) is 5.95 Å². The number of nitrogens with zero attached hydrogens (tertiary/aromatic N) is 3. The predicted molar refractivity (Wildman–Crippen MR) is 114 cm³/mol. The van der Waals surface area contributed by atoms with Gasteiger partial charge < -0.3 is 10.1 Å². The second kappa shape index (κ2) is 8.56. The Labute approximate surface area is 176 Å². The van der Waals surface area contributed by atoms with E-state index in [9.17, 15) is 0 Å². The van der Waals surface area contributed by atoms with Crippen molar-refractivity contribution in [1.29, 1.82) is 0 Å². The fourth-order valence-electron chi connectivity index (χ4n) is 2.50. The predicted octanol–water partition coefficient (Wildman–Crippen LogP) is 6.23. The van der Waals surface area contributed by atoms with E-state index in [4.69, 9.17) is 27.9 Å². The van der Waals surface area contributed by atoms with E-state index in [2.05, 4.69) is 20.3 Å². The summed E-state index contributed by atoms with van der Waals surface area (Å²) in [6.07, 6.45) is 3.45. The molecule has 0 fully saturated rings. The maximum atomic E-state index is 6.21. The minimum absolute atomic E-state index is 0.318. The molecule has 0 aliphatic carbocycles. The van der Waals surface area contributed by atoms with Gasteiger partial charge in [-0.1, -0.05) is 41.4 Å². The summed E-state index contributed by atoms with van der Waals surface area (Å²) in [5, 5.41) is 6.97. The number of benzene rings is 2. The molecule has 8 heteroatoms. The van der Waals surface area contributed by atoms with Gasteiger partial charge in [0.05, 0.1) is 10.0 Å². The average molecular weight is 429 g/mol. The molecule has 5 nitrogen and oxygen atoms in total. The summed E-state index contributed by atoms with van der Waals surface area (Å²) in [7, 11) is 0. The number of aromatic nitrogens is 3. The van der Waals surface area contributed by atoms with Crippen molar-refractivity contribution in [2.75, 3.05) is 5.32 Å². The van der Waals surface area contributed by atoms with Crippen molar-refractivity contribution in [3.63, 3.8) is 0 Å². The first-order valence-corrected chi connectivity index (χ1v) is 9.98. The lowest BCUT2D eigenvalue weighted by Crippen LogP contribution is -1.99. The summed E-state index contributed by atoms with van der Waals surface area (Å²) >= 11 is 13.8. The van der Waals surface area contributed by atoms with Crippen LogP contribution in [-0.2, 0) is 6.61 Å². The van der Waals surface area contributed by atoms with Crippen LogP contribution in [0.2, 0.25) is 10.0 Å². The second-order valence-corrected chi connectivity index (χ2v) is 7.44. The van der Waals surface area contributed by atoms with Gasteiger partial charge in [0.15, 0.2) is 0 Å². The maximum Gasteiger partial charge on any atom is 0.227 e. The van der Waals surface area contributed by atoms with Crippen LogP contribution < -0.4 is 10.1 Å². The number of hydrogen-bond acceptors (Lipinski definition) is 6. The van der Waals surface area contributed by atoms with Crippen molar-refractivity contribution in [2.24, 2.45) is 0 Å². The Bertz CT molecular complexity index is 1090. The quantitative estimate of drug-likeness (QED) is 0.394. The normalized spacial score (nSPS) is 10.6. The molecule has 28 heavy (non-hydrogen) atoms. The number of rotatable bonds is 6. The molecule has 0 spiro atoms. The molecule has 2 aromatic heterocycles. The van der Waals surface area contributed by atoms with E-state index >= 15 is 0 Å². The fourth-order valence-corrected chi connectivity index (χ4v) is 3.48. The molecule has 4 aromatic rings. The molecule has 140 valence electrons. The number of ether oxygens (including phenoxy) is 1. The molecule has 0 amide bonds. The standard InChI is InChI=1S/C20H14Cl2N4OS/c21-16-6-1-3-13(18(16)22)12-27-15-5-2-4-14(11-15)25-20-24-8-7-17(26-20)19-23-9-10-28-19/h1-11H,12H2,(H,24,25,26). The highest BCUT2D eigenvalue weighted by Crippen LogP contribution is 2.27. The summed E-state index contributed by atoms with van der Waals surface area (Å²) < 4.78 is 5.86. The molecule has 0 radical (unpaired) electrons. The van der Waals surface area contributed by atoms with Crippen LogP contribution in [0, 0.1) is 0 Å². The van der Waals surface area contributed by atoms with E-state index in [1.807, 2.05) is 47.8 Å². The lowest BCUT2D eigenvalue weighted by Gasteiger charge is -2.11. The van der Waals surface area contributed by atoms with E-state index in [-0.39, 0.29) is 0 Å². The molecule has 0 aliphatic heterocycles. The van der Waals surface area contributed by atoms with Gasteiger partial charge in [-0.15, -0.1) is 11.3 Å². The number of hydrogen-bond donors (Lipinski definition) is 1. The third-order valence-electron chi connectivity index (χ3n) is 3.82. The third-order valence-corrected chi connectivity index (χ3v) is 5.48. The first kappa shape index (κ1) is 18.7. The summed E-state index contributed by atoms with van der Waals surface area (Å²) in [6.45, 7) is 0.318. The van der Waals surface area contributed by atoms with Crippen molar-refractivity contribution < 1.29 is 4.74 Å². The molecular weight excluding hydrogens is 415 g/mol. The Balaban J connectivity index is 1.47. The van der Waals surface area contributed by atoms with Gasteiger partial charge in [-0.3, -0.25) is 0 Å². The number of thiazole rings is 1. The molecule has 2 heterocycles. The lowest BCUT2D eigenvalue weighted by atomic mass is 10.2. The van der Waals surface area contributed by atoms with Gasteiger partial charge in [-0.2, -0.15) is 0 Å². The van der Waals surface area contributed by atoms with Crippen LogP contribution in [0.25, 0.3) is 10.7 Å². The van der Waals surface area contributed by atoms with Crippen LogP contribution in [0.3, 0.4) is 0 Å². The molecule has 4 rings (SSSR count). The first-order chi connectivity index (χ1) is 13.7. The van der Waals surface area contributed by atoms with E-state index < -0.39 is 0 Å². The van der Waals surface area contributed by atoms with Crippen molar-refractivity contribution in [1.82, 2.24) is 15.0 Å². The largest absolute Gasteiger partial charge is 0.489 e. The Morgan fingerprint density at radius 2 is 1.89 bits per heavy atom. The summed E-state index contributed by atoms with van der Waals surface area (Å²) in [6, 6.07) is 14.9. The molecular formula is C20H14Cl2N4OS. The van der Waals surface area contributed by atoms with Crippen molar-refractivity contribution >= 4 is 46.2 Å². The Morgan fingerprint density at radius 1 is 1.00 bits per heavy atom. The molecule has 0 atom stereocenters. The van der Waals surface area contributed by atoms with E-state index in [1.54, 1.807) is 18.5 Å². The second-order valence-electron chi connectivity index (χ2n) is 5.76. The van der Waals surface area contributed by atoms with E-state index in [0.29, 0.717) is 28.3 Å². The molecule has 0 saturated heterocycles. The number of anilines is 2. The van der Waals surface area contributed by atoms with Crippen molar-refractivity contribution in [2.45, 2.75) is 6.61 Å². The zero-order chi connectivity index (χ0) is 19.3. The average Bonchev–Trinajstić information content (AvgIpc) is 3.25. The third kappa shape index (κ3) is 4.42. The minimum atomic E-state index is 0.318. The van der Waals surface area contributed by atoms with E-state index in [1.165, 1.54) is 11.3 Å². The van der Waals surface area contributed by atoms with Gasteiger partial charge >= 0.3 is 0 Å². The number of nitrogens with one attached hydrogen (secondary N) is 1. The van der Waals surface area contributed by atoms with Crippen LogP contribution in [0.1, 0.15) is 5.56 Å². The summed E-state index contributed by atoms with van der Waals surface area (Å²) in [5.74, 6) is 1.18. The smallest absolute Gasteiger partial charge is 0.227 e. The SMILES string of the molecule is Clc1cccc(COc2cccc(Nc3nccc(-c4nccs4)n3)c2)c1Cl. The van der Waals surface area contributed by atoms with Gasteiger partial charge in [0, 0.05) is 35.1 Å². The molecule has 0 unspecified atom stereocenters. The summed E-state index contributed by atoms with van der Waals surface area (Å²) in [5.41, 5.74) is 2.41. The molecule has 0 aliphatic rings. The van der Waals surface area contributed by atoms with Crippen LogP contribution >= 0.6 is 34.5 Å².